The van der Waals surface area contributed by atoms with Crippen LogP contribution in [0.25, 0.3) is 0 Å². The van der Waals surface area contributed by atoms with Gasteiger partial charge in [-0.15, -0.1) is 0 Å². The van der Waals surface area contributed by atoms with Gasteiger partial charge in [-0.25, -0.2) is 0 Å². The molecule has 1 amide bonds. The van der Waals surface area contributed by atoms with Gasteiger partial charge >= 0.3 is 0 Å². The maximum atomic E-state index is 11.8. The average molecular weight is 251 g/mol. The second-order valence-corrected chi connectivity index (χ2v) is 4.52. The van der Waals surface area contributed by atoms with Gasteiger partial charge in [0, 0.05) is 18.5 Å². The maximum Gasteiger partial charge on any atom is 0.251 e. The van der Waals surface area contributed by atoms with E-state index in [1.165, 1.54) is 4.90 Å². The Bertz CT molecular complexity index is 361. The van der Waals surface area contributed by atoms with Crippen LogP contribution in [0, 0.1) is 0 Å². The molecule has 1 rings (SSSR count). The molecule has 0 radical (unpaired) electrons. The molecule has 0 heterocycles. The molecule has 0 aliphatic rings. The molecular formula is C14H23N2O2+. The Morgan fingerprint density at radius 1 is 1.28 bits per heavy atom. The van der Waals surface area contributed by atoms with E-state index < -0.39 is 0 Å². The zero-order valence-electron chi connectivity index (χ0n) is 11.5. The summed E-state index contributed by atoms with van der Waals surface area (Å²) in [5.74, 6) is 0.775. The molecule has 0 bridgehead atoms. The van der Waals surface area contributed by atoms with Gasteiger partial charge < -0.3 is 15.0 Å². The molecular weight excluding hydrogens is 228 g/mol. The summed E-state index contributed by atoms with van der Waals surface area (Å²) >= 11 is 0. The van der Waals surface area contributed by atoms with Crippen LogP contribution in [-0.4, -0.2) is 39.7 Å². The van der Waals surface area contributed by atoms with E-state index in [1.807, 2.05) is 19.1 Å². The highest BCUT2D eigenvalue weighted by Gasteiger charge is 2.05. The van der Waals surface area contributed by atoms with Crippen LogP contribution in [0.1, 0.15) is 23.7 Å². The molecule has 4 nitrogen and oxygen atoms in total. The molecule has 2 N–H and O–H groups in total. The smallest absolute Gasteiger partial charge is 0.251 e. The maximum absolute atomic E-state index is 11.8. The minimum atomic E-state index is -0.0215. The van der Waals surface area contributed by atoms with Crippen molar-refractivity contribution in [2.75, 3.05) is 33.8 Å². The summed E-state index contributed by atoms with van der Waals surface area (Å²) in [7, 11) is 4.21. The van der Waals surface area contributed by atoms with Crippen LogP contribution in [0.4, 0.5) is 0 Å². The van der Waals surface area contributed by atoms with E-state index >= 15 is 0 Å². The number of amides is 1. The molecule has 4 heteroatoms. The lowest BCUT2D eigenvalue weighted by Gasteiger charge is -2.08. The number of carbonyl (C=O) groups excluding carboxylic acids is 1. The van der Waals surface area contributed by atoms with Crippen molar-refractivity contribution < 1.29 is 14.4 Å². The molecule has 0 aliphatic carbocycles. The van der Waals surface area contributed by atoms with Crippen molar-refractivity contribution in [1.29, 1.82) is 0 Å². The Morgan fingerprint density at radius 3 is 2.50 bits per heavy atom. The fraction of sp³-hybridized carbons (Fsp3) is 0.500. The molecule has 0 aliphatic heterocycles. The topological polar surface area (TPSA) is 42.8 Å². The van der Waals surface area contributed by atoms with E-state index in [2.05, 4.69) is 19.4 Å². The van der Waals surface area contributed by atoms with Gasteiger partial charge in [-0.05, 0) is 31.2 Å². The summed E-state index contributed by atoms with van der Waals surface area (Å²) in [5.41, 5.74) is 0.677. The molecule has 1 aromatic carbocycles. The lowest BCUT2D eigenvalue weighted by atomic mass is 10.2. The number of hydrogen-bond donors (Lipinski definition) is 2. The van der Waals surface area contributed by atoms with E-state index in [9.17, 15) is 4.79 Å². The van der Waals surface area contributed by atoms with Crippen molar-refractivity contribution in [3.05, 3.63) is 29.8 Å². The van der Waals surface area contributed by atoms with Crippen LogP contribution in [0.3, 0.4) is 0 Å². The van der Waals surface area contributed by atoms with Gasteiger partial charge in [0.1, 0.15) is 5.75 Å². The largest absolute Gasteiger partial charge is 0.494 e. The second-order valence-electron chi connectivity index (χ2n) is 4.52. The molecule has 1 aromatic rings. The van der Waals surface area contributed by atoms with Crippen LogP contribution in [0.15, 0.2) is 24.3 Å². The van der Waals surface area contributed by atoms with Crippen molar-refractivity contribution in [1.82, 2.24) is 5.32 Å². The van der Waals surface area contributed by atoms with Crippen molar-refractivity contribution in [2.45, 2.75) is 13.3 Å². The van der Waals surface area contributed by atoms with E-state index in [0.29, 0.717) is 12.2 Å². The third kappa shape index (κ3) is 5.19. The first-order valence-corrected chi connectivity index (χ1v) is 6.43. The number of benzene rings is 1. The van der Waals surface area contributed by atoms with E-state index in [0.717, 1.165) is 25.3 Å². The predicted molar refractivity (Wildman–Crippen MR) is 72.2 cm³/mol. The van der Waals surface area contributed by atoms with Gasteiger partial charge in [-0.2, -0.15) is 0 Å². The van der Waals surface area contributed by atoms with Crippen LogP contribution in [0.5, 0.6) is 5.75 Å². The quantitative estimate of drug-likeness (QED) is 0.687. The molecule has 18 heavy (non-hydrogen) atoms. The minimum absolute atomic E-state index is 0.0215. The number of quaternary nitrogens is 1. The van der Waals surface area contributed by atoms with Crippen molar-refractivity contribution in [3.63, 3.8) is 0 Å². The monoisotopic (exact) mass is 251 g/mol. The molecule has 0 spiro atoms. The SMILES string of the molecule is CCOc1ccc(C(=O)NCCC[NH+](C)C)cc1. The number of ether oxygens (including phenoxy) is 1. The normalized spacial score (nSPS) is 10.4. The Balaban J connectivity index is 2.37. The Morgan fingerprint density at radius 2 is 1.94 bits per heavy atom. The van der Waals surface area contributed by atoms with Gasteiger partial charge in [0.15, 0.2) is 0 Å². The lowest BCUT2D eigenvalue weighted by molar-refractivity contribution is -0.858. The Kier molecular flexibility index (Phi) is 6.22. The fourth-order valence-electron chi connectivity index (χ4n) is 1.62. The van der Waals surface area contributed by atoms with Gasteiger partial charge in [0.2, 0.25) is 0 Å². The summed E-state index contributed by atoms with van der Waals surface area (Å²) in [6.07, 6.45) is 0.991. The summed E-state index contributed by atoms with van der Waals surface area (Å²) in [6.45, 7) is 4.35. The fourth-order valence-corrected chi connectivity index (χ4v) is 1.62. The minimum Gasteiger partial charge on any atom is -0.494 e. The predicted octanol–water partition coefficient (Wildman–Crippen LogP) is 0.350. The van der Waals surface area contributed by atoms with E-state index in [1.54, 1.807) is 12.1 Å². The van der Waals surface area contributed by atoms with Gasteiger partial charge in [0.05, 0.1) is 27.2 Å². The molecule has 0 saturated carbocycles. The first-order valence-electron chi connectivity index (χ1n) is 6.43. The van der Waals surface area contributed by atoms with Crippen LogP contribution in [-0.2, 0) is 0 Å². The highest BCUT2D eigenvalue weighted by molar-refractivity contribution is 5.94. The molecule has 0 unspecified atom stereocenters. The van der Waals surface area contributed by atoms with Crippen molar-refractivity contribution in [2.24, 2.45) is 0 Å². The zero-order valence-corrected chi connectivity index (χ0v) is 11.5. The summed E-state index contributed by atoms with van der Waals surface area (Å²) in [6, 6.07) is 7.22. The third-order valence-corrected chi connectivity index (χ3v) is 2.57. The Hall–Kier alpha value is -1.55. The number of rotatable bonds is 7. The molecule has 0 fully saturated rings. The first-order chi connectivity index (χ1) is 8.63. The first kappa shape index (κ1) is 14.5. The van der Waals surface area contributed by atoms with Crippen molar-refractivity contribution >= 4 is 5.91 Å². The van der Waals surface area contributed by atoms with E-state index in [4.69, 9.17) is 4.74 Å². The van der Waals surface area contributed by atoms with Crippen LogP contribution in [0.2, 0.25) is 0 Å². The second kappa shape index (κ2) is 7.71. The van der Waals surface area contributed by atoms with Gasteiger partial charge in [-0.3, -0.25) is 4.79 Å². The van der Waals surface area contributed by atoms with Crippen LogP contribution < -0.4 is 15.0 Å². The molecule has 0 aromatic heterocycles. The standard InChI is InChI=1S/C14H22N2O2/c1-4-18-13-8-6-12(7-9-13)14(17)15-10-5-11-16(2)3/h6-9H,4-5,10-11H2,1-3H3,(H,15,17)/p+1. The highest BCUT2D eigenvalue weighted by Crippen LogP contribution is 2.11. The summed E-state index contributed by atoms with van der Waals surface area (Å²) in [4.78, 5) is 13.2. The van der Waals surface area contributed by atoms with Gasteiger partial charge in [-0.1, -0.05) is 0 Å². The molecule has 100 valence electrons. The number of carbonyl (C=O) groups is 1. The molecule has 0 saturated heterocycles. The van der Waals surface area contributed by atoms with E-state index in [-0.39, 0.29) is 5.91 Å². The molecule has 0 atom stereocenters. The zero-order chi connectivity index (χ0) is 13.4. The van der Waals surface area contributed by atoms with Crippen LogP contribution >= 0.6 is 0 Å². The summed E-state index contributed by atoms with van der Waals surface area (Å²) in [5, 5.41) is 2.91. The van der Waals surface area contributed by atoms with Gasteiger partial charge in [0.25, 0.3) is 5.91 Å². The third-order valence-electron chi connectivity index (χ3n) is 2.57. The number of nitrogens with one attached hydrogen (secondary N) is 2. The Labute approximate surface area is 109 Å². The highest BCUT2D eigenvalue weighted by atomic mass is 16.5. The summed E-state index contributed by atoms with van der Waals surface area (Å²) < 4.78 is 5.33. The average Bonchev–Trinajstić information content (AvgIpc) is 2.35. The lowest BCUT2D eigenvalue weighted by Crippen LogP contribution is -3.05. The number of hydrogen-bond acceptors (Lipinski definition) is 2. The van der Waals surface area contributed by atoms with Crippen molar-refractivity contribution in [3.8, 4) is 5.75 Å².